The first-order valence-electron chi connectivity index (χ1n) is 17.5. The Kier molecular flexibility index (Phi) is 9.08. The molecule has 4 nitrogen and oxygen atoms in total. The molecule has 1 heterocycles. The maximum absolute atomic E-state index is 8.70. The Morgan fingerprint density at radius 1 is 0.396 bits per heavy atom. The van der Waals surface area contributed by atoms with Gasteiger partial charge in [-0.05, 0) is 126 Å². The molecule has 7 aromatic carbocycles. The number of hydrogen-bond acceptors (Lipinski definition) is 4. The smallest absolute Gasteiger partial charge is 0.0867 e. The number of nitrogens with two attached hydrogens (primary N) is 1. The second kappa shape index (κ2) is 14.6. The van der Waals surface area contributed by atoms with Gasteiger partial charge in [0.05, 0.1) is 11.4 Å². The third kappa shape index (κ3) is 7.21. The summed E-state index contributed by atoms with van der Waals surface area (Å²) in [6, 6.07) is 58.3. The van der Waals surface area contributed by atoms with Crippen molar-refractivity contribution in [3.63, 3.8) is 0 Å². The number of hydrogen-bond donors (Lipinski definition) is 3. The number of nitrogens with one attached hydrogen (secondary N) is 2. The number of nitrogen functional groups attached to an aromatic ring is 1. The molecule has 1 aromatic heterocycles. The number of anilines is 1. The van der Waals surface area contributed by atoms with Gasteiger partial charge >= 0.3 is 0 Å². The van der Waals surface area contributed by atoms with Crippen LogP contribution in [0.3, 0.4) is 0 Å². The van der Waals surface area contributed by atoms with Gasteiger partial charge in [0.15, 0.2) is 0 Å². The molecule has 0 bridgehead atoms. The van der Waals surface area contributed by atoms with Crippen LogP contribution in [-0.4, -0.2) is 16.4 Å². The number of pyridine rings is 1. The fourth-order valence-corrected chi connectivity index (χ4v) is 6.70. The van der Waals surface area contributed by atoms with Crippen molar-refractivity contribution in [2.75, 3.05) is 5.73 Å². The van der Waals surface area contributed by atoms with E-state index in [1.807, 2.05) is 54.7 Å². The molecule has 252 valence electrons. The molecule has 0 saturated carbocycles. The molecular formula is C49H36N4. The Morgan fingerprint density at radius 2 is 0.849 bits per heavy atom. The van der Waals surface area contributed by atoms with E-state index in [4.69, 9.17) is 16.6 Å². The van der Waals surface area contributed by atoms with E-state index in [-0.39, 0.29) is 11.4 Å². The highest BCUT2D eigenvalue weighted by molar-refractivity contribution is 6.61. The Hall–Kier alpha value is -7.17. The molecule has 1 aliphatic carbocycles. The van der Waals surface area contributed by atoms with Crippen molar-refractivity contribution in [3.05, 3.63) is 206 Å². The van der Waals surface area contributed by atoms with Gasteiger partial charge in [0, 0.05) is 23.7 Å². The van der Waals surface area contributed by atoms with E-state index in [0.717, 1.165) is 55.2 Å². The lowest BCUT2D eigenvalue weighted by atomic mass is 9.87. The van der Waals surface area contributed by atoms with Gasteiger partial charge < -0.3 is 5.73 Å². The molecule has 9 rings (SSSR count). The maximum Gasteiger partial charge on any atom is 0.0867 e. The third-order valence-electron chi connectivity index (χ3n) is 9.58. The van der Waals surface area contributed by atoms with Crippen molar-refractivity contribution >= 4 is 49.8 Å². The van der Waals surface area contributed by atoms with E-state index >= 15 is 0 Å². The second-order valence-electron chi connectivity index (χ2n) is 13.1. The van der Waals surface area contributed by atoms with Crippen molar-refractivity contribution in [2.24, 2.45) is 0 Å². The predicted octanol–water partition coefficient (Wildman–Crippen LogP) is 12.2. The number of fused-ring (bicyclic) bond motifs is 2. The van der Waals surface area contributed by atoms with Crippen molar-refractivity contribution < 1.29 is 0 Å². The standard InChI is InChI=1S/C38H26N2.C11H10N2/c39-37-24-35(33-16-15-29-19-27(11-13-30(29)21-33)25-7-3-1-4-8-25)23-36(38(37)40)34-18-17-31-20-28(12-14-32(31)22-34)26-9-5-2-6-10-26;12-11-5-3-9(4-6-11)10-2-1-7-13-8-10/h1-24,39-40H;1-8H,12H2. The van der Waals surface area contributed by atoms with E-state index in [1.165, 1.54) is 27.6 Å². The molecule has 1 aliphatic rings. The number of allylic oxidation sites excluding steroid dienone is 4. The van der Waals surface area contributed by atoms with Crippen molar-refractivity contribution in [1.29, 1.82) is 10.8 Å². The average molecular weight is 681 g/mol. The second-order valence-corrected chi connectivity index (χ2v) is 13.1. The van der Waals surface area contributed by atoms with Gasteiger partial charge in [-0.3, -0.25) is 15.8 Å². The van der Waals surface area contributed by atoms with Crippen LogP contribution in [0, 0.1) is 10.8 Å². The highest BCUT2D eigenvalue weighted by atomic mass is 14.6. The van der Waals surface area contributed by atoms with Gasteiger partial charge in [0.25, 0.3) is 0 Å². The fourth-order valence-electron chi connectivity index (χ4n) is 6.70. The quantitative estimate of drug-likeness (QED) is 0.125. The molecule has 0 fully saturated rings. The van der Waals surface area contributed by atoms with Crippen molar-refractivity contribution in [1.82, 2.24) is 4.98 Å². The Labute approximate surface area is 309 Å². The number of aromatic nitrogens is 1. The minimum absolute atomic E-state index is 0.228. The first kappa shape index (κ1) is 33.0. The van der Waals surface area contributed by atoms with E-state index in [0.29, 0.717) is 0 Å². The van der Waals surface area contributed by atoms with Gasteiger partial charge in [-0.25, -0.2) is 0 Å². The summed E-state index contributed by atoms with van der Waals surface area (Å²) in [6.45, 7) is 0. The zero-order valence-electron chi connectivity index (χ0n) is 29.0. The van der Waals surface area contributed by atoms with Crippen LogP contribution in [0.5, 0.6) is 0 Å². The molecule has 0 spiro atoms. The third-order valence-corrected chi connectivity index (χ3v) is 9.58. The summed E-state index contributed by atoms with van der Waals surface area (Å²) in [6.07, 6.45) is 7.46. The Bertz CT molecular complexity index is 2680. The normalized spacial score (nSPS) is 12.5. The maximum atomic E-state index is 8.70. The molecule has 0 saturated heterocycles. The minimum Gasteiger partial charge on any atom is -0.399 e. The van der Waals surface area contributed by atoms with Crippen LogP contribution in [0.15, 0.2) is 194 Å². The Balaban J connectivity index is 0.000000259. The highest BCUT2D eigenvalue weighted by Crippen LogP contribution is 2.33. The first-order valence-corrected chi connectivity index (χ1v) is 17.5. The molecular weight excluding hydrogens is 645 g/mol. The molecule has 0 radical (unpaired) electrons. The minimum atomic E-state index is 0.228. The molecule has 0 aliphatic heterocycles. The monoisotopic (exact) mass is 680 g/mol. The Morgan fingerprint density at radius 3 is 1.40 bits per heavy atom. The van der Waals surface area contributed by atoms with Gasteiger partial charge in [-0.2, -0.15) is 0 Å². The summed E-state index contributed by atoms with van der Waals surface area (Å²) in [4.78, 5) is 4.05. The van der Waals surface area contributed by atoms with Crippen LogP contribution < -0.4 is 5.73 Å². The molecule has 8 aromatic rings. The summed E-state index contributed by atoms with van der Waals surface area (Å²) in [5.41, 5.74) is 17.6. The SMILES string of the molecule is N=C1C=C(c2ccc3cc(-c4ccccc4)ccc3c2)C=C(c2ccc3cc(-c4ccccc4)ccc3c2)C1=N.Nc1ccc(-c2cccnc2)cc1. The van der Waals surface area contributed by atoms with Crippen molar-refractivity contribution in [3.8, 4) is 33.4 Å². The predicted molar refractivity (Wildman–Crippen MR) is 224 cm³/mol. The number of nitrogens with zero attached hydrogens (tertiary/aromatic N) is 1. The summed E-state index contributed by atoms with van der Waals surface area (Å²) in [7, 11) is 0. The van der Waals surface area contributed by atoms with Crippen LogP contribution >= 0.6 is 0 Å². The molecule has 0 unspecified atom stereocenters. The summed E-state index contributed by atoms with van der Waals surface area (Å²) in [5.74, 6) is 0. The zero-order valence-corrected chi connectivity index (χ0v) is 29.0. The topological polar surface area (TPSA) is 86.6 Å². The van der Waals surface area contributed by atoms with Gasteiger partial charge in [0.2, 0.25) is 0 Å². The molecule has 4 N–H and O–H groups in total. The fraction of sp³-hybridized carbons (Fsp3) is 0. The lowest BCUT2D eigenvalue weighted by molar-refractivity contribution is 1.33. The molecule has 0 atom stereocenters. The van der Waals surface area contributed by atoms with E-state index in [1.54, 1.807) is 12.3 Å². The van der Waals surface area contributed by atoms with Crippen LogP contribution in [0.25, 0.3) is 66.1 Å². The lowest BCUT2D eigenvalue weighted by Gasteiger charge is -2.18. The van der Waals surface area contributed by atoms with Crippen molar-refractivity contribution in [2.45, 2.75) is 0 Å². The lowest BCUT2D eigenvalue weighted by Crippen LogP contribution is -2.15. The van der Waals surface area contributed by atoms with Gasteiger partial charge in [-0.15, -0.1) is 0 Å². The zero-order chi connectivity index (χ0) is 36.1. The van der Waals surface area contributed by atoms with Crippen LogP contribution in [0.1, 0.15) is 11.1 Å². The van der Waals surface area contributed by atoms with Gasteiger partial charge in [-0.1, -0.05) is 127 Å². The van der Waals surface area contributed by atoms with Crippen LogP contribution in [0.4, 0.5) is 5.69 Å². The van der Waals surface area contributed by atoms with Gasteiger partial charge in [0.1, 0.15) is 0 Å². The molecule has 53 heavy (non-hydrogen) atoms. The van der Waals surface area contributed by atoms with E-state index in [2.05, 4.69) is 132 Å². The number of benzene rings is 7. The largest absolute Gasteiger partial charge is 0.399 e. The van der Waals surface area contributed by atoms with Crippen LogP contribution in [-0.2, 0) is 0 Å². The van der Waals surface area contributed by atoms with Crippen LogP contribution in [0.2, 0.25) is 0 Å². The van der Waals surface area contributed by atoms with E-state index < -0.39 is 0 Å². The highest BCUT2D eigenvalue weighted by Gasteiger charge is 2.19. The summed E-state index contributed by atoms with van der Waals surface area (Å²) in [5, 5.41) is 21.9. The average Bonchev–Trinajstić information content (AvgIpc) is 3.22. The first-order chi connectivity index (χ1) is 26.0. The summed E-state index contributed by atoms with van der Waals surface area (Å²) < 4.78 is 0. The molecule has 0 amide bonds. The molecule has 4 heteroatoms. The summed E-state index contributed by atoms with van der Waals surface area (Å²) >= 11 is 0. The number of rotatable bonds is 5. The van der Waals surface area contributed by atoms with E-state index in [9.17, 15) is 0 Å².